The Morgan fingerprint density at radius 1 is 0.682 bits per heavy atom. The van der Waals surface area contributed by atoms with Crippen LogP contribution in [-0.4, -0.2) is 6.71 Å². The fourth-order valence-corrected chi connectivity index (χ4v) is 3.78. The number of para-hydroxylation sites is 2. The highest BCUT2D eigenvalue weighted by Crippen LogP contribution is 2.38. The van der Waals surface area contributed by atoms with Crippen molar-refractivity contribution >= 4 is 39.0 Å². The van der Waals surface area contributed by atoms with Crippen LogP contribution in [0.4, 0.5) is 0 Å². The lowest BCUT2D eigenvalue weighted by molar-refractivity contribution is 0.462. The highest BCUT2D eigenvalue weighted by Gasteiger charge is 2.40. The van der Waals surface area contributed by atoms with Crippen molar-refractivity contribution in [1.82, 2.24) is 0 Å². The Balaban J connectivity index is 1.89. The molecule has 0 aromatic heterocycles. The van der Waals surface area contributed by atoms with Crippen LogP contribution in [0.5, 0.6) is 23.0 Å². The summed E-state index contributed by atoms with van der Waals surface area (Å²) in [5.74, 6) is 3.56. The first-order valence-corrected chi connectivity index (χ1v) is 7.98. The van der Waals surface area contributed by atoms with Crippen molar-refractivity contribution in [3.63, 3.8) is 0 Å². The van der Waals surface area contributed by atoms with Crippen molar-refractivity contribution in [3.8, 4) is 23.0 Å². The summed E-state index contributed by atoms with van der Waals surface area (Å²) < 4.78 is 13.2. The second kappa shape index (κ2) is 4.40. The van der Waals surface area contributed by atoms with E-state index in [2.05, 4.69) is 40.2 Å². The van der Waals surface area contributed by atoms with E-state index < -0.39 is 0 Å². The van der Waals surface area contributed by atoms with E-state index >= 15 is 0 Å². The van der Waals surface area contributed by atoms with Crippen LogP contribution in [0.1, 0.15) is 0 Å². The van der Waals surface area contributed by atoms with E-state index in [1.54, 1.807) is 0 Å². The van der Waals surface area contributed by atoms with Gasteiger partial charge < -0.3 is 9.47 Å². The van der Waals surface area contributed by atoms with Gasteiger partial charge in [0, 0.05) is 5.46 Å². The summed E-state index contributed by atoms with van der Waals surface area (Å²) in [6.07, 6.45) is 0. The molecule has 0 N–H and O–H groups in total. The molecular formula is C18H10BBrO2. The second-order valence-electron chi connectivity index (χ2n) is 5.50. The molecule has 0 amide bonds. The Morgan fingerprint density at radius 3 is 2.05 bits per heavy atom. The number of halogens is 1. The van der Waals surface area contributed by atoms with Gasteiger partial charge in [-0.15, -0.1) is 0 Å². The Kier molecular flexibility index (Phi) is 2.47. The first-order chi connectivity index (χ1) is 10.8. The van der Waals surface area contributed by atoms with Crippen molar-refractivity contribution in [3.05, 3.63) is 65.1 Å². The van der Waals surface area contributed by atoms with Gasteiger partial charge in [-0.3, -0.25) is 0 Å². The van der Waals surface area contributed by atoms with Gasteiger partial charge in [-0.2, -0.15) is 0 Å². The Hall–Kier alpha value is -2.20. The molecule has 0 bridgehead atoms. The molecule has 0 radical (unpaired) electrons. The second-order valence-corrected chi connectivity index (χ2v) is 6.36. The first kappa shape index (κ1) is 12.4. The van der Waals surface area contributed by atoms with E-state index in [0.717, 1.165) is 32.9 Å². The molecule has 2 nitrogen and oxygen atoms in total. The maximum Gasteiger partial charge on any atom is 0.260 e. The van der Waals surface area contributed by atoms with Gasteiger partial charge in [-0.25, -0.2) is 0 Å². The van der Waals surface area contributed by atoms with Crippen LogP contribution >= 0.6 is 15.9 Å². The van der Waals surface area contributed by atoms with Crippen molar-refractivity contribution in [2.45, 2.75) is 0 Å². The molecule has 2 heterocycles. The highest BCUT2D eigenvalue weighted by molar-refractivity contribution is 9.10. The quantitative estimate of drug-likeness (QED) is 0.400. The number of fused-ring (bicyclic) bond motifs is 4. The molecule has 2 aliphatic heterocycles. The zero-order valence-corrected chi connectivity index (χ0v) is 13.1. The maximum atomic E-state index is 6.14. The minimum Gasteiger partial charge on any atom is -0.458 e. The van der Waals surface area contributed by atoms with Gasteiger partial charge in [-0.05, 0) is 51.1 Å². The Bertz CT molecular complexity index is 912. The smallest absolute Gasteiger partial charge is 0.260 e. The lowest BCUT2D eigenvalue weighted by Crippen LogP contribution is -2.57. The van der Waals surface area contributed by atoms with Gasteiger partial charge in [0.2, 0.25) is 0 Å². The molecule has 2 aliphatic rings. The summed E-state index contributed by atoms with van der Waals surface area (Å²) >= 11 is 3.61. The Labute approximate surface area is 136 Å². The number of hydrogen-bond donors (Lipinski definition) is 0. The van der Waals surface area contributed by atoms with Crippen molar-refractivity contribution in [1.29, 1.82) is 0 Å². The van der Waals surface area contributed by atoms with Crippen LogP contribution in [0.25, 0.3) is 0 Å². The molecule has 0 fully saturated rings. The molecule has 4 heteroatoms. The molecule has 0 aliphatic carbocycles. The summed E-state index contributed by atoms with van der Waals surface area (Å²) in [5.41, 5.74) is 3.47. The monoisotopic (exact) mass is 348 g/mol. The number of ether oxygens (including phenoxy) is 2. The minimum atomic E-state index is 0.150. The average Bonchev–Trinajstić information content (AvgIpc) is 2.57. The lowest BCUT2D eigenvalue weighted by atomic mass is 9.35. The van der Waals surface area contributed by atoms with E-state index in [-0.39, 0.29) is 6.71 Å². The van der Waals surface area contributed by atoms with Crippen LogP contribution in [0.2, 0.25) is 0 Å². The largest absolute Gasteiger partial charge is 0.458 e. The average molecular weight is 349 g/mol. The van der Waals surface area contributed by atoms with Crippen LogP contribution in [-0.2, 0) is 0 Å². The van der Waals surface area contributed by atoms with Crippen molar-refractivity contribution < 1.29 is 9.47 Å². The van der Waals surface area contributed by atoms with E-state index in [1.807, 2.05) is 36.4 Å². The summed E-state index contributed by atoms with van der Waals surface area (Å²) in [6, 6.07) is 20.4. The standard InChI is InChI=1S/C18H10BBrO2/c20-13-9-10-16-17-18(13)22-15-8-4-2-6-12(15)19(17)11-5-1-3-7-14(11)21-16/h1-10H. The zero-order chi connectivity index (χ0) is 14.7. The van der Waals surface area contributed by atoms with Gasteiger partial charge in [0.15, 0.2) is 0 Å². The summed E-state index contributed by atoms with van der Waals surface area (Å²) in [7, 11) is 0. The summed E-state index contributed by atoms with van der Waals surface area (Å²) in [6.45, 7) is 0.150. The van der Waals surface area contributed by atoms with E-state index in [1.165, 1.54) is 10.9 Å². The third-order valence-corrected chi connectivity index (χ3v) is 4.91. The zero-order valence-electron chi connectivity index (χ0n) is 11.5. The molecule has 3 aromatic rings. The molecule has 0 saturated heterocycles. The third-order valence-electron chi connectivity index (χ3n) is 4.29. The maximum absolute atomic E-state index is 6.14. The third kappa shape index (κ3) is 1.56. The number of hydrogen-bond acceptors (Lipinski definition) is 2. The first-order valence-electron chi connectivity index (χ1n) is 7.19. The highest BCUT2D eigenvalue weighted by atomic mass is 79.9. The van der Waals surface area contributed by atoms with Crippen LogP contribution in [0, 0.1) is 0 Å². The molecular weight excluding hydrogens is 339 g/mol. The number of rotatable bonds is 0. The predicted octanol–water partition coefficient (Wildman–Crippen LogP) is 3.18. The molecule has 0 atom stereocenters. The SMILES string of the molecule is Brc1ccc2c3c1Oc1ccccc1B3c1ccccc1O2. The predicted molar refractivity (Wildman–Crippen MR) is 91.8 cm³/mol. The van der Waals surface area contributed by atoms with Gasteiger partial charge in [0.25, 0.3) is 6.71 Å². The van der Waals surface area contributed by atoms with Crippen LogP contribution < -0.4 is 25.9 Å². The topological polar surface area (TPSA) is 18.5 Å². The molecule has 0 saturated carbocycles. The fraction of sp³-hybridized carbons (Fsp3) is 0. The van der Waals surface area contributed by atoms with Gasteiger partial charge in [0.1, 0.15) is 23.0 Å². The van der Waals surface area contributed by atoms with E-state index in [9.17, 15) is 0 Å². The van der Waals surface area contributed by atoms with Crippen molar-refractivity contribution in [2.24, 2.45) is 0 Å². The molecule has 0 unspecified atom stereocenters. The molecule has 104 valence electrons. The molecule has 0 spiro atoms. The Morgan fingerprint density at radius 2 is 1.32 bits per heavy atom. The van der Waals surface area contributed by atoms with E-state index in [4.69, 9.17) is 9.47 Å². The van der Waals surface area contributed by atoms with Crippen LogP contribution in [0.3, 0.4) is 0 Å². The number of benzene rings is 3. The lowest BCUT2D eigenvalue weighted by Gasteiger charge is -2.33. The molecule has 5 rings (SSSR count). The van der Waals surface area contributed by atoms with Gasteiger partial charge in [-0.1, -0.05) is 36.4 Å². The summed E-state index contributed by atoms with van der Waals surface area (Å²) in [4.78, 5) is 0. The summed E-state index contributed by atoms with van der Waals surface area (Å²) in [5, 5.41) is 0. The van der Waals surface area contributed by atoms with Gasteiger partial charge >= 0.3 is 0 Å². The molecule has 3 aromatic carbocycles. The minimum absolute atomic E-state index is 0.150. The normalized spacial score (nSPS) is 13.4. The fourth-order valence-electron chi connectivity index (χ4n) is 3.35. The van der Waals surface area contributed by atoms with Crippen LogP contribution in [0.15, 0.2) is 65.1 Å². The van der Waals surface area contributed by atoms with Gasteiger partial charge in [0.05, 0.1) is 4.47 Å². The van der Waals surface area contributed by atoms with Crippen molar-refractivity contribution in [2.75, 3.05) is 0 Å². The van der Waals surface area contributed by atoms with E-state index in [0.29, 0.717) is 0 Å². The molecule has 22 heavy (non-hydrogen) atoms.